The molecule has 4 aromatic rings. The molecule has 0 bridgehead atoms. The average Bonchev–Trinajstić information content (AvgIpc) is 2.77. The van der Waals surface area contributed by atoms with Gasteiger partial charge in [0.2, 0.25) is 0 Å². The summed E-state index contributed by atoms with van der Waals surface area (Å²) >= 11 is 12.8. The largest absolute Gasteiger partial charge is 0.486 e. The van der Waals surface area contributed by atoms with Crippen molar-refractivity contribution in [3.05, 3.63) is 110 Å². The zero-order valence-electron chi connectivity index (χ0n) is 16.2. The molecule has 5 nitrogen and oxygen atoms in total. The lowest BCUT2D eigenvalue weighted by atomic mass is 10.1. The smallest absolute Gasteiger partial charge is 0.269 e. The molecule has 7 heteroatoms. The molecule has 0 aliphatic heterocycles. The van der Waals surface area contributed by atoms with Crippen LogP contribution in [0.25, 0.3) is 10.8 Å². The Labute approximate surface area is 188 Å². The predicted molar refractivity (Wildman–Crippen MR) is 125 cm³/mol. The third-order valence-electron chi connectivity index (χ3n) is 4.70. The summed E-state index contributed by atoms with van der Waals surface area (Å²) in [5.74, 6) is 0.406. The van der Waals surface area contributed by atoms with Crippen LogP contribution >= 0.6 is 23.2 Å². The molecule has 0 aliphatic rings. The van der Waals surface area contributed by atoms with Crippen LogP contribution in [-0.4, -0.2) is 11.1 Å². The minimum absolute atomic E-state index is 0.0118. The zero-order chi connectivity index (χ0) is 21.8. The molecule has 0 atom stereocenters. The van der Waals surface area contributed by atoms with E-state index in [9.17, 15) is 10.1 Å². The van der Waals surface area contributed by atoms with Gasteiger partial charge in [-0.3, -0.25) is 15.1 Å². The van der Waals surface area contributed by atoms with Crippen molar-refractivity contribution in [3.63, 3.8) is 0 Å². The lowest BCUT2D eigenvalue weighted by Gasteiger charge is -2.12. The third kappa shape index (κ3) is 4.85. The molecule has 4 aromatic carbocycles. The van der Waals surface area contributed by atoms with Crippen LogP contribution in [0, 0.1) is 10.1 Å². The Hall–Kier alpha value is -3.41. The molecule has 31 heavy (non-hydrogen) atoms. The molecular formula is C24H16Cl2N2O3. The number of fused-ring (bicyclic) bond motifs is 1. The summed E-state index contributed by atoms with van der Waals surface area (Å²) in [4.78, 5) is 14.6. The van der Waals surface area contributed by atoms with E-state index in [4.69, 9.17) is 27.9 Å². The van der Waals surface area contributed by atoms with E-state index in [1.54, 1.807) is 30.5 Å². The van der Waals surface area contributed by atoms with Gasteiger partial charge in [0.25, 0.3) is 5.69 Å². The number of hydrogen-bond donors (Lipinski definition) is 0. The minimum atomic E-state index is -0.454. The normalized spacial score (nSPS) is 11.2. The highest BCUT2D eigenvalue weighted by Gasteiger charge is 2.11. The Balaban J connectivity index is 1.51. The molecule has 0 aromatic heterocycles. The highest BCUT2D eigenvalue weighted by atomic mass is 35.5. The lowest BCUT2D eigenvalue weighted by Crippen LogP contribution is -1.98. The summed E-state index contributed by atoms with van der Waals surface area (Å²) in [6, 6.07) is 23.5. The summed E-state index contributed by atoms with van der Waals surface area (Å²) in [5, 5.41) is 13.7. The van der Waals surface area contributed by atoms with Crippen LogP contribution in [0.3, 0.4) is 0 Å². The maximum Gasteiger partial charge on any atom is 0.269 e. The number of nitro benzene ring substituents is 1. The SMILES string of the molecule is O=[N+]([O-])c1ccc(N=Cc2cc(Cl)c(OCc3cccc4ccccc34)c(Cl)c2)cc1. The van der Waals surface area contributed by atoms with Crippen LogP contribution in [0.5, 0.6) is 5.75 Å². The van der Waals surface area contributed by atoms with E-state index in [1.165, 1.54) is 12.1 Å². The quantitative estimate of drug-likeness (QED) is 0.174. The molecule has 154 valence electrons. The first-order valence-corrected chi connectivity index (χ1v) is 10.1. The van der Waals surface area contributed by atoms with Gasteiger partial charge in [-0.2, -0.15) is 0 Å². The first-order chi connectivity index (χ1) is 15.0. The molecule has 0 aliphatic carbocycles. The van der Waals surface area contributed by atoms with Crippen molar-refractivity contribution >= 4 is 51.6 Å². The Morgan fingerprint density at radius 2 is 1.61 bits per heavy atom. The van der Waals surface area contributed by atoms with Crippen molar-refractivity contribution in [2.45, 2.75) is 6.61 Å². The summed E-state index contributed by atoms with van der Waals surface area (Å²) in [7, 11) is 0. The Morgan fingerprint density at radius 3 is 2.32 bits per heavy atom. The molecule has 0 spiro atoms. The number of hydrogen-bond acceptors (Lipinski definition) is 4. The molecular weight excluding hydrogens is 435 g/mol. The van der Waals surface area contributed by atoms with Gasteiger partial charge in [-0.25, -0.2) is 0 Å². The Bertz CT molecular complexity index is 1260. The van der Waals surface area contributed by atoms with Gasteiger partial charge < -0.3 is 4.74 Å². The van der Waals surface area contributed by atoms with Gasteiger partial charge in [0.05, 0.1) is 20.7 Å². The standard InChI is InChI=1S/C24H16Cl2N2O3/c25-22-12-16(14-27-19-8-10-20(11-9-19)28(29)30)13-23(26)24(22)31-15-18-6-3-5-17-4-1-2-7-21(17)18/h1-14H,15H2. The number of nitrogens with zero attached hydrogens (tertiary/aromatic N) is 2. The van der Waals surface area contributed by atoms with Crippen molar-refractivity contribution in [2.75, 3.05) is 0 Å². The molecule has 0 radical (unpaired) electrons. The van der Waals surface area contributed by atoms with Crippen molar-refractivity contribution < 1.29 is 9.66 Å². The van der Waals surface area contributed by atoms with Gasteiger partial charge in [-0.1, -0.05) is 65.7 Å². The topological polar surface area (TPSA) is 64.7 Å². The maximum atomic E-state index is 10.7. The minimum Gasteiger partial charge on any atom is -0.486 e. The van der Waals surface area contributed by atoms with Crippen molar-refractivity contribution in [2.24, 2.45) is 4.99 Å². The van der Waals surface area contributed by atoms with Crippen molar-refractivity contribution in [3.8, 4) is 5.75 Å². The van der Waals surface area contributed by atoms with Gasteiger partial charge in [-0.05, 0) is 46.2 Å². The van der Waals surface area contributed by atoms with Crippen LogP contribution in [0.1, 0.15) is 11.1 Å². The number of non-ortho nitro benzene ring substituents is 1. The second kappa shape index (κ2) is 9.16. The van der Waals surface area contributed by atoms with E-state index in [0.29, 0.717) is 33.7 Å². The van der Waals surface area contributed by atoms with E-state index in [2.05, 4.69) is 23.2 Å². The van der Waals surface area contributed by atoms with Crippen LogP contribution < -0.4 is 4.74 Å². The van der Waals surface area contributed by atoms with E-state index in [0.717, 1.165) is 16.3 Å². The van der Waals surface area contributed by atoms with Crippen LogP contribution in [0.15, 0.2) is 83.9 Å². The van der Waals surface area contributed by atoms with Crippen molar-refractivity contribution in [1.29, 1.82) is 0 Å². The number of aliphatic imine (C=N–C) groups is 1. The molecule has 0 fully saturated rings. The summed E-state index contributed by atoms with van der Waals surface area (Å²) in [6.07, 6.45) is 1.59. The van der Waals surface area contributed by atoms with Gasteiger partial charge in [0.1, 0.15) is 6.61 Å². The first-order valence-electron chi connectivity index (χ1n) is 9.38. The molecule has 0 amide bonds. The number of halogens is 2. The monoisotopic (exact) mass is 450 g/mol. The Kier molecular flexibility index (Phi) is 6.16. The first kappa shape index (κ1) is 20.8. The van der Waals surface area contributed by atoms with Gasteiger partial charge >= 0.3 is 0 Å². The molecule has 0 unspecified atom stereocenters. The fourth-order valence-corrected chi connectivity index (χ4v) is 3.78. The fourth-order valence-electron chi connectivity index (χ4n) is 3.17. The van der Waals surface area contributed by atoms with Gasteiger partial charge in [-0.15, -0.1) is 0 Å². The number of ether oxygens (including phenoxy) is 1. The lowest BCUT2D eigenvalue weighted by molar-refractivity contribution is -0.384. The third-order valence-corrected chi connectivity index (χ3v) is 5.26. The van der Waals surface area contributed by atoms with Gasteiger partial charge in [0.15, 0.2) is 5.75 Å². The van der Waals surface area contributed by atoms with E-state index >= 15 is 0 Å². The van der Waals surface area contributed by atoms with Crippen LogP contribution in [0.4, 0.5) is 11.4 Å². The summed E-state index contributed by atoms with van der Waals surface area (Å²) < 4.78 is 5.94. The summed E-state index contributed by atoms with van der Waals surface area (Å²) in [5.41, 5.74) is 2.31. The zero-order valence-corrected chi connectivity index (χ0v) is 17.7. The van der Waals surface area contributed by atoms with Crippen LogP contribution in [0.2, 0.25) is 10.0 Å². The average molecular weight is 451 g/mol. The van der Waals surface area contributed by atoms with E-state index < -0.39 is 4.92 Å². The second-order valence-corrected chi connectivity index (χ2v) is 7.59. The maximum absolute atomic E-state index is 10.7. The fraction of sp³-hybridized carbons (Fsp3) is 0.0417. The number of rotatable bonds is 6. The molecule has 0 saturated carbocycles. The second-order valence-electron chi connectivity index (χ2n) is 6.77. The number of benzene rings is 4. The van der Waals surface area contributed by atoms with E-state index in [1.807, 2.05) is 24.3 Å². The van der Waals surface area contributed by atoms with Gasteiger partial charge in [0, 0.05) is 18.3 Å². The molecule has 0 N–H and O–H groups in total. The number of nitro groups is 1. The molecule has 0 saturated heterocycles. The van der Waals surface area contributed by atoms with Crippen LogP contribution in [-0.2, 0) is 6.61 Å². The molecule has 0 heterocycles. The van der Waals surface area contributed by atoms with E-state index in [-0.39, 0.29) is 5.69 Å². The predicted octanol–water partition coefficient (Wildman–Crippen LogP) is 7.38. The highest BCUT2D eigenvalue weighted by Crippen LogP contribution is 2.35. The Morgan fingerprint density at radius 1 is 0.935 bits per heavy atom. The van der Waals surface area contributed by atoms with Crippen molar-refractivity contribution in [1.82, 2.24) is 0 Å². The molecule has 4 rings (SSSR count). The summed E-state index contributed by atoms with van der Waals surface area (Å²) in [6.45, 7) is 0.330. The highest BCUT2D eigenvalue weighted by molar-refractivity contribution is 6.37.